The van der Waals surface area contributed by atoms with Crippen LogP contribution in [0.3, 0.4) is 0 Å². The SMILES string of the molecule is COc1cccc([C@H]2C(=C(O)c3ccc(Cl)cc3)C(=O)C(=O)N2CCCN2CCOCC2)c1. The highest BCUT2D eigenvalue weighted by Gasteiger charge is 2.45. The van der Waals surface area contributed by atoms with E-state index in [2.05, 4.69) is 4.90 Å². The summed E-state index contributed by atoms with van der Waals surface area (Å²) in [5, 5.41) is 11.6. The van der Waals surface area contributed by atoms with Crippen molar-refractivity contribution in [3.8, 4) is 5.75 Å². The fraction of sp³-hybridized carbons (Fsp3) is 0.360. The molecule has 0 radical (unpaired) electrons. The number of nitrogens with zero attached hydrogens (tertiary/aromatic N) is 2. The van der Waals surface area contributed by atoms with Gasteiger partial charge in [0.25, 0.3) is 11.7 Å². The molecule has 33 heavy (non-hydrogen) atoms. The molecule has 0 saturated carbocycles. The van der Waals surface area contributed by atoms with Gasteiger partial charge in [-0.3, -0.25) is 14.5 Å². The van der Waals surface area contributed by atoms with Gasteiger partial charge in [-0.15, -0.1) is 0 Å². The predicted octanol–water partition coefficient (Wildman–Crippen LogP) is 3.49. The van der Waals surface area contributed by atoms with Crippen molar-refractivity contribution in [3.05, 3.63) is 70.3 Å². The first-order chi connectivity index (χ1) is 16.0. The van der Waals surface area contributed by atoms with E-state index in [0.717, 1.165) is 19.6 Å². The largest absolute Gasteiger partial charge is 0.507 e. The second-order valence-corrected chi connectivity index (χ2v) is 8.52. The molecule has 2 aliphatic rings. The normalized spacial score (nSPS) is 20.9. The van der Waals surface area contributed by atoms with E-state index in [1.165, 1.54) is 0 Å². The molecule has 1 atom stereocenters. The molecule has 0 unspecified atom stereocenters. The Kier molecular flexibility index (Phi) is 7.33. The number of halogens is 1. The minimum absolute atomic E-state index is 0.0712. The molecular formula is C25H27ClN2O5. The molecule has 8 heteroatoms. The molecule has 0 aliphatic carbocycles. The maximum Gasteiger partial charge on any atom is 0.295 e. The number of carbonyl (C=O) groups excluding carboxylic acids is 2. The lowest BCUT2D eigenvalue weighted by Crippen LogP contribution is -2.38. The lowest BCUT2D eigenvalue weighted by Gasteiger charge is -2.29. The summed E-state index contributed by atoms with van der Waals surface area (Å²) in [5.41, 5.74) is 1.20. The fourth-order valence-electron chi connectivity index (χ4n) is 4.32. The first kappa shape index (κ1) is 23.3. The molecule has 0 spiro atoms. The summed E-state index contributed by atoms with van der Waals surface area (Å²) in [4.78, 5) is 30.0. The van der Waals surface area contributed by atoms with Gasteiger partial charge in [-0.25, -0.2) is 0 Å². The Balaban J connectivity index is 1.68. The van der Waals surface area contributed by atoms with E-state index in [9.17, 15) is 14.7 Å². The summed E-state index contributed by atoms with van der Waals surface area (Å²) >= 11 is 5.98. The molecule has 7 nitrogen and oxygen atoms in total. The first-order valence-electron chi connectivity index (χ1n) is 11.0. The Morgan fingerprint density at radius 3 is 2.55 bits per heavy atom. The Morgan fingerprint density at radius 1 is 1.12 bits per heavy atom. The van der Waals surface area contributed by atoms with Crippen LogP contribution < -0.4 is 4.74 Å². The summed E-state index contributed by atoms with van der Waals surface area (Å²) in [6, 6.07) is 13.1. The Morgan fingerprint density at radius 2 is 1.85 bits per heavy atom. The van der Waals surface area contributed by atoms with Crippen molar-refractivity contribution in [3.63, 3.8) is 0 Å². The number of benzene rings is 2. The number of methoxy groups -OCH3 is 1. The third-order valence-electron chi connectivity index (χ3n) is 6.04. The highest BCUT2D eigenvalue weighted by molar-refractivity contribution is 6.46. The zero-order chi connectivity index (χ0) is 23.4. The number of aliphatic hydroxyl groups is 1. The minimum atomic E-state index is -0.708. The number of ketones is 1. The van der Waals surface area contributed by atoms with Crippen molar-refractivity contribution >= 4 is 29.1 Å². The molecule has 174 valence electrons. The molecule has 0 bridgehead atoms. The van der Waals surface area contributed by atoms with Crippen LogP contribution in [0.4, 0.5) is 0 Å². The Hall–Kier alpha value is -2.87. The van der Waals surface area contributed by atoms with E-state index in [4.69, 9.17) is 21.1 Å². The van der Waals surface area contributed by atoms with Crippen molar-refractivity contribution in [1.29, 1.82) is 0 Å². The number of aliphatic hydroxyl groups excluding tert-OH is 1. The molecule has 1 N–H and O–H groups in total. The van der Waals surface area contributed by atoms with E-state index in [1.807, 2.05) is 12.1 Å². The number of morpholine rings is 1. The first-order valence-corrected chi connectivity index (χ1v) is 11.4. The number of amides is 1. The van der Waals surface area contributed by atoms with Gasteiger partial charge in [0, 0.05) is 36.8 Å². The molecule has 4 rings (SSSR count). The Labute approximate surface area is 198 Å². The van der Waals surface area contributed by atoms with Gasteiger partial charge in [-0.2, -0.15) is 0 Å². The predicted molar refractivity (Wildman–Crippen MR) is 125 cm³/mol. The highest BCUT2D eigenvalue weighted by Crippen LogP contribution is 2.40. The van der Waals surface area contributed by atoms with Crippen molar-refractivity contribution in [2.45, 2.75) is 12.5 Å². The van der Waals surface area contributed by atoms with E-state index >= 15 is 0 Å². The molecule has 0 aromatic heterocycles. The van der Waals surface area contributed by atoms with Crippen LogP contribution >= 0.6 is 11.6 Å². The molecule has 1 amide bonds. The lowest BCUT2D eigenvalue weighted by molar-refractivity contribution is -0.140. The standard InChI is InChI=1S/C25H27ClN2O5/c1-32-20-5-2-4-18(16-20)22-21(23(29)17-6-8-19(26)9-7-17)24(30)25(31)28(22)11-3-10-27-12-14-33-15-13-27/h2,4-9,16,22,29H,3,10-15H2,1H3/t22-/m0/s1. The average molecular weight is 471 g/mol. The maximum absolute atomic E-state index is 13.1. The van der Waals surface area contributed by atoms with Gasteiger partial charge < -0.3 is 19.5 Å². The third-order valence-corrected chi connectivity index (χ3v) is 6.30. The van der Waals surface area contributed by atoms with Crippen LogP contribution in [0.25, 0.3) is 5.76 Å². The van der Waals surface area contributed by atoms with Crippen molar-refractivity contribution in [1.82, 2.24) is 9.80 Å². The molecular weight excluding hydrogens is 444 g/mol. The molecule has 2 fully saturated rings. The minimum Gasteiger partial charge on any atom is -0.507 e. The quantitative estimate of drug-likeness (QED) is 0.379. The number of hydrogen-bond acceptors (Lipinski definition) is 6. The van der Waals surface area contributed by atoms with Crippen molar-refractivity contribution in [2.75, 3.05) is 46.5 Å². The average Bonchev–Trinajstić information content (AvgIpc) is 3.10. The lowest BCUT2D eigenvalue weighted by atomic mass is 9.95. The fourth-order valence-corrected chi connectivity index (χ4v) is 4.45. The number of hydrogen-bond donors (Lipinski definition) is 1. The van der Waals surface area contributed by atoms with Gasteiger partial charge >= 0.3 is 0 Å². The summed E-state index contributed by atoms with van der Waals surface area (Å²) in [5.74, 6) is -0.909. The summed E-state index contributed by atoms with van der Waals surface area (Å²) in [6.45, 7) is 4.31. The van der Waals surface area contributed by atoms with Gasteiger partial charge in [0.05, 0.1) is 31.9 Å². The van der Waals surface area contributed by atoms with Gasteiger partial charge in [0.15, 0.2) is 0 Å². The van der Waals surface area contributed by atoms with E-state index in [0.29, 0.717) is 48.1 Å². The molecule has 2 aliphatic heterocycles. The number of likely N-dealkylation sites (tertiary alicyclic amines) is 1. The number of Topliss-reactive ketones (excluding diaryl/α,β-unsaturated/α-hetero) is 1. The maximum atomic E-state index is 13.1. The van der Waals surface area contributed by atoms with Crippen LogP contribution in [0.1, 0.15) is 23.6 Å². The van der Waals surface area contributed by atoms with Crippen LogP contribution in [0, 0.1) is 0 Å². The summed E-state index contributed by atoms with van der Waals surface area (Å²) in [6.07, 6.45) is 0.703. The van der Waals surface area contributed by atoms with Crippen LogP contribution in [-0.4, -0.2) is 73.1 Å². The van der Waals surface area contributed by atoms with Crippen LogP contribution in [-0.2, 0) is 14.3 Å². The second-order valence-electron chi connectivity index (χ2n) is 8.08. The van der Waals surface area contributed by atoms with Crippen LogP contribution in [0.5, 0.6) is 5.75 Å². The topological polar surface area (TPSA) is 79.3 Å². The number of rotatable bonds is 7. The van der Waals surface area contributed by atoms with Crippen molar-refractivity contribution < 1.29 is 24.2 Å². The van der Waals surface area contributed by atoms with Crippen LogP contribution in [0.15, 0.2) is 54.1 Å². The zero-order valence-electron chi connectivity index (χ0n) is 18.5. The zero-order valence-corrected chi connectivity index (χ0v) is 19.3. The van der Waals surface area contributed by atoms with E-state index in [-0.39, 0.29) is 11.3 Å². The number of carbonyl (C=O) groups is 2. The molecule has 2 aromatic carbocycles. The summed E-state index contributed by atoms with van der Waals surface area (Å²) in [7, 11) is 1.56. The van der Waals surface area contributed by atoms with Gasteiger partial charge in [-0.1, -0.05) is 23.7 Å². The number of ether oxygens (including phenoxy) is 2. The van der Waals surface area contributed by atoms with E-state index < -0.39 is 17.7 Å². The molecule has 2 saturated heterocycles. The van der Waals surface area contributed by atoms with Crippen molar-refractivity contribution in [2.24, 2.45) is 0 Å². The molecule has 2 heterocycles. The monoisotopic (exact) mass is 470 g/mol. The second kappa shape index (κ2) is 10.4. The van der Waals surface area contributed by atoms with E-state index in [1.54, 1.807) is 48.4 Å². The van der Waals surface area contributed by atoms with Gasteiger partial charge in [-0.05, 0) is 48.4 Å². The Bertz CT molecular complexity index is 1050. The smallest absolute Gasteiger partial charge is 0.295 e. The molecule has 2 aromatic rings. The van der Waals surface area contributed by atoms with Gasteiger partial charge in [0.1, 0.15) is 11.5 Å². The summed E-state index contributed by atoms with van der Waals surface area (Å²) < 4.78 is 10.7. The van der Waals surface area contributed by atoms with Gasteiger partial charge in [0.2, 0.25) is 0 Å². The van der Waals surface area contributed by atoms with Crippen LogP contribution in [0.2, 0.25) is 5.02 Å². The third kappa shape index (κ3) is 5.05. The highest BCUT2D eigenvalue weighted by atomic mass is 35.5.